The first-order chi connectivity index (χ1) is 8.74. The molecule has 0 bridgehead atoms. The molecule has 4 nitrogen and oxygen atoms in total. The van der Waals surface area contributed by atoms with Gasteiger partial charge in [-0.25, -0.2) is 0 Å². The van der Waals surface area contributed by atoms with E-state index in [-0.39, 0.29) is 18.2 Å². The number of Topliss-reactive ketones (excluding diaryl/α,β-unsaturated/α-hetero) is 1. The minimum absolute atomic E-state index is 0.0437. The highest BCUT2D eigenvalue weighted by molar-refractivity contribution is 5.97. The van der Waals surface area contributed by atoms with Crippen LogP contribution in [0.1, 0.15) is 34.3 Å². The molecule has 0 aromatic heterocycles. The van der Waals surface area contributed by atoms with Crippen LogP contribution in [0.25, 0.3) is 0 Å². The highest BCUT2D eigenvalue weighted by Gasteiger charge is 2.23. The van der Waals surface area contributed by atoms with Gasteiger partial charge in [0, 0.05) is 18.5 Å². The highest BCUT2D eigenvalue weighted by Crippen LogP contribution is 2.22. The summed E-state index contributed by atoms with van der Waals surface area (Å²) in [5, 5.41) is 0. The molecule has 3 rings (SSSR count). The van der Waals surface area contributed by atoms with E-state index in [1.54, 1.807) is 4.90 Å². The number of ketones is 1. The van der Waals surface area contributed by atoms with Gasteiger partial charge in [-0.15, -0.1) is 0 Å². The van der Waals surface area contributed by atoms with Crippen molar-refractivity contribution in [3.63, 3.8) is 0 Å². The number of carbonyl (C=O) groups is 2. The minimum Gasteiger partial charge on any atom is -0.372 e. The quantitative estimate of drug-likeness (QED) is 0.753. The molecule has 1 fully saturated rings. The topological polar surface area (TPSA) is 46.6 Å². The van der Waals surface area contributed by atoms with Crippen molar-refractivity contribution >= 4 is 11.7 Å². The number of carbonyl (C=O) groups excluding carboxylic acids is 2. The van der Waals surface area contributed by atoms with Crippen molar-refractivity contribution in [2.75, 3.05) is 13.1 Å². The van der Waals surface area contributed by atoms with Gasteiger partial charge in [0.1, 0.15) is 0 Å². The number of benzene rings is 1. The maximum atomic E-state index is 12.3. The Balaban J connectivity index is 1.81. The SMILES string of the molecule is O=C1CCCN(C(=O)c2ccc3c(c2)COC3)C1. The fourth-order valence-corrected chi connectivity index (χ4v) is 2.50. The van der Waals surface area contributed by atoms with E-state index in [0.29, 0.717) is 31.7 Å². The van der Waals surface area contributed by atoms with Crippen LogP contribution in [0.15, 0.2) is 18.2 Å². The first-order valence-electron chi connectivity index (χ1n) is 6.24. The number of hydrogen-bond acceptors (Lipinski definition) is 3. The van der Waals surface area contributed by atoms with Gasteiger partial charge in [-0.1, -0.05) is 6.07 Å². The Hall–Kier alpha value is -1.68. The van der Waals surface area contributed by atoms with Crippen LogP contribution in [0.2, 0.25) is 0 Å². The van der Waals surface area contributed by atoms with Gasteiger partial charge >= 0.3 is 0 Å². The molecule has 2 heterocycles. The summed E-state index contributed by atoms with van der Waals surface area (Å²) in [4.78, 5) is 25.3. The molecule has 0 atom stereocenters. The van der Waals surface area contributed by atoms with Gasteiger partial charge in [0.2, 0.25) is 0 Å². The lowest BCUT2D eigenvalue weighted by molar-refractivity contribution is -0.121. The molecule has 0 aliphatic carbocycles. The summed E-state index contributed by atoms with van der Waals surface area (Å²) < 4.78 is 5.33. The van der Waals surface area contributed by atoms with Crippen molar-refractivity contribution in [1.82, 2.24) is 4.90 Å². The monoisotopic (exact) mass is 245 g/mol. The summed E-state index contributed by atoms with van der Waals surface area (Å²) in [6, 6.07) is 5.67. The van der Waals surface area contributed by atoms with Crippen molar-refractivity contribution in [3.8, 4) is 0 Å². The standard InChI is InChI=1S/C14H15NO3/c16-13-2-1-5-15(7-13)14(17)10-3-4-11-8-18-9-12(11)6-10/h3-4,6H,1-2,5,7-9H2. The van der Waals surface area contributed by atoms with Crippen LogP contribution in [-0.4, -0.2) is 29.7 Å². The molecule has 1 amide bonds. The van der Waals surface area contributed by atoms with Gasteiger partial charge in [0.25, 0.3) is 5.91 Å². The summed E-state index contributed by atoms with van der Waals surface area (Å²) >= 11 is 0. The van der Waals surface area contributed by atoms with Gasteiger partial charge in [-0.2, -0.15) is 0 Å². The first-order valence-corrected chi connectivity index (χ1v) is 6.24. The number of likely N-dealkylation sites (tertiary alicyclic amines) is 1. The maximum absolute atomic E-state index is 12.3. The average molecular weight is 245 g/mol. The van der Waals surface area contributed by atoms with Crippen molar-refractivity contribution in [1.29, 1.82) is 0 Å². The predicted octanol–water partition coefficient (Wildman–Crippen LogP) is 1.52. The smallest absolute Gasteiger partial charge is 0.254 e. The Morgan fingerprint density at radius 2 is 2.06 bits per heavy atom. The molecule has 18 heavy (non-hydrogen) atoms. The number of fused-ring (bicyclic) bond motifs is 1. The normalized spacial score (nSPS) is 18.9. The van der Waals surface area contributed by atoms with Gasteiger partial charge in [-0.05, 0) is 29.7 Å². The molecule has 0 unspecified atom stereocenters. The second-order valence-electron chi connectivity index (χ2n) is 4.85. The van der Waals surface area contributed by atoms with Crippen LogP contribution in [0.3, 0.4) is 0 Å². The summed E-state index contributed by atoms with van der Waals surface area (Å²) in [5.41, 5.74) is 2.90. The van der Waals surface area contributed by atoms with Crippen LogP contribution >= 0.6 is 0 Å². The molecule has 1 aromatic carbocycles. The van der Waals surface area contributed by atoms with Crippen LogP contribution in [0, 0.1) is 0 Å². The van der Waals surface area contributed by atoms with Crippen molar-refractivity contribution in [2.45, 2.75) is 26.1 Å². The van der Waals surface area contributed by atoms with E-state index in [0.717, 1.165) is 17.5 Å². The molecule has 2 aliphatic rings. The second kappa shape index (κ2) is 4.53. The van der Waals surface area contributed by atoms with E-state index < -0.39 is 0 Å². The summed E-state index contributed by atoms with van der Waals surface area (Å²) in [6.45, 7) is 2.14. The Bertz CT molecular complexity index is 510. The lowest BCUT2D eigenvalue weighted by atomic mass is 10.0. The third-order valence-corrected chi connectivity index (χ3v) is 3.51. The molecule has 0 N–H and O–H groups in total. The molecule has 0 spiro atoms. The lowest BCUT2D eigenvalue weighted by Crippen LogP contribution is -2.40. The summed E-state index contributed by atoms with van der Waals surface area (Å²) in [5.74, 6) is 0.108. The van der Waals surface area contributed by atoms with Gasteiger partial charge in [-0.3, -0.25) is 9.59 Å². The Morgan fingerprint density at radius 1 is 1.22 bits per heavy atom. The number of piperidine rings is 1. The molecule has 0 saturated carbocycles. The second-order valence-corrected chi connectivity index (χ2v) is 4.85. The number of nitrogens with zero attached hydrogens (tertiary/aromatic N) is 1. The molecule has 94 valence electrons. The van der Waals surface area contributed by atoms with Crippen molar-refractivity contribution in [2.24, 2.45) is 0 Å². The predicted molar refractivity (Wildman–Crippen MR) is 65.1 cm³/mol. The van der Waals surface area contributed by atoms with Crippen molar-refractivity contribution in [3.05, 3.63) is 34.9 Å². The zero-order valence-corrected chi connectivity index (χ0v) is 10.1. The molecular formula is C14H15NO3. The first kappa shape index (κ1) is 11.4. The average Bonchev–Trinajstić information content (AvgIpc) is 2.85. The van der Waals surface area contributed by atoms with Crippen LogP contribution < -0.4 is 0 Å². The molecule has 1 saturated heterocycles. The van der Waals surface area contributed by atoms with E-state index in [1.165, 1.54) is 0 Å². The van der Waals surface area contributed by atoms with Crippen molar-refractivity contribution < 1.29 is 14.3 Å². The number of ether oxygens (including phenoxy) is 1. The zero-order valence-electron chi connectivity index (χ0n) is 10.1. The van der Waals surface area contributed by atoms with E-state index in [1.807, 2.05) is 18.2 Å². The van der Waals surface area contributed by atoms with E-state index in [4.69, 9.17) is 4.74 Å². The van der Waals surface area contributed by atoms with Gasteiger partial charge < -0.3 is 9.64 Å². The molecule has 0 radical (unpaired) electrons. The molecular weight excluding hydrogens is 230 g/mol. The van der Waals surface area contributed by atoms with E-state index in [2.05, 4.69) is 0 Å². The Morgan fingerprint density at radius 3 is 2.89 bits per heavy atom. The zero-order chi connectivity index (χ0) is 12.5. The fraction of sp³-hybridized carbons (Fsp3) is 0.429. The Kier molecular flexibility index (Phi) is 2.88. The Labute approximate surface area is 106 Å². The number of amides is 1. The maximum Gasteiger partial charge on any atom is 0.254 e. The third-order valence-electron chi connectivity index (χ3n) is 3.51. The van der Waals surface area contributed by atoms with E-state index >= 15 is 0 Å². The van der Waals surface area contributed by atoms with Crippen LogP contribution in [0.5, 0.6) is 0 Å². The summed E-state index contributed by atoms with van der Waals surface area (Å²) in [7, 11) is 0. The third kappa shape index (κ3) is 2.04. The van der Waals surface area contributed by atoms with Gasteiger partial charge in [0.05, 0.1) is 19.8 Å². The number of rotatable bonds is 1. The highest BCUT2D eigenvalue weighted by atomic mass is 16.5. The number of hydrogen-bond donors (Lipinski definition) is 0. The van der Waals surface area contributed by atoms with Gasteiger partial charge in [0.15, 0.2) is 5.78 Å². The van der Waals surface area contributed by atoms with Crippen LogP contribution in [0.4, 0.5) is 0 Å². The molecule has 1 aromatic rings. The van der Waals surface area contributed by atoms with E-state index in [9.17, 15) is 9.59 Å². The minimum atomic E-state index is -0.0437. The fourth-order valence-electron chi connectivity index (χ4n) is 2.50. The lowest BCUT2D eigenvalue weighted by Gasteiger charge is -2.26. The molecule has 2 aliphatic heterocycles. The summed E-state index contributed by atoms with van der Waals surface area (Å²) in [6.07, 6.45) is 1.38. The van der Waals surface area contributed by atoms with Crippen LogP contribution in [-0.2, 0) is 22.7 Å². The largest absolute Gasteiger partial charge is 0.372 e. The molecule has 4 heteroatoms.